The summed E-state index contributed by atoms with van der Waals surface area (Å²) in [6.07, 6.45) is 0. The van der Waals surface area contributed by atoms with Gasteiger partial charge < -0.3 is 15.0 Å². The third-order valence-electron chi connectivity index (χ3n) is 4.60. The van der Waals surface area contributed by atoms with Crippen molar-refractivity contribution in [1.82, 2.24) is 19.8 Å². The van der Waals surface area contributed by atoms with Gasteiger partial charge in [0, 0.05) is 23.6 Å². The predicted molar refractivity (Wildman–Crippen MR) is 116 cm³/mol. The fourth-order valence-corrected chi connectivity index (χ4v) is 3.24. The Morgan fingerprint density at radius 2 is 1.90 bits per heavy atom. The van der Waals surface area contributed by atoms with E-state index in [-0.39, 0.29) is 17.9 Å². The number of esters is 1. The van der Waals surface area contributed by atoms with E-state index >= 15 is 0 Å². The van der Waals surface area contributed by atoms with Gasteiger partial charge in [-0.15, -0.1) is 9.73 Å². The number of aromatic amines is 1. The summed E-state index contributed by atoms with van der Waals surface area (Å²) < 4.78 is 6.48. The minimum atomic E-state index is -0.871. The van der Waals surface area contributed by atoms with Gasteiger partial charge in [-0.2, -0.15) is 5.10 Å². The van der Waals surface area contributed by atoms with Crippen molar-refractivity contribution in [2.75, 3.05) is 11.9 Å². The van der Waals surface area contributed by atoms with Crippen LogP contribution in [0, 0.1) is 5.41 Å². The number of ether oxygens (including phenoxy) is 1. The first kappa shape index (κ1) is 21.8. The van der Waals surface area contributed by atoms with Crippen LogP contribution in [0.2, 0.25) is 5.02 Å². The van der Waals surface area contributed by atoms with Gasteiger partial charge in [-0.25, -0.2) is 0 Å². The van der Waals surface area contributed by atoms with Crippen LogP contribution in [-0.2, 0) is 19.7 Å². The lowest BCUT2D eigenvalue weighted by Gasteiger charge is -2.23. The minimum Gasteiger partial charge on any atom is -0.465 e. The molecule has 2 N–H and O–H groups in total. The topological polar surface area (TPSA) is 101 Å². The van der Waals surface area contributed by atoms with Crippen LogP contribution in [0.3, 0.4) is 0 Å². The zero-order chi connectivity index (χ0) is 22.3. The molecule has 0 aliphatic heterocycles. The Morgan fingerprint density at radius 1 is 1.20 bits per heavy atom. The van der Waals surface area contributed by atoms with Gasteiger partial charge >= 0.3 is 5.97 Å². The highest BCUT2D eigenvalue weighted by Gasteiger charge is 2.29. The molecule has 0 spiro atoms. The van der Waals surface area contributed by atoms with Crippen LogP contribution in [-0.4, -0.2) is 38.3 Å². The van der Waals surface area contributed by atoms with Gasteiger partial charge in [-0.05, 0) is 26.0 Å². The lowest BCUT2D eigenvalue weighted by atomic mass is 9.92. The van der Waals surface area contributed by atoms with Gasteiger partial charge in [0.25, 0.3) is 0 Å². The summed E-state index contributed by atoms with van der Waals surface area (Å²) in [7, 11) is 0. The first-order valence-corrected chi connectivity index (χ1v) is 9.96. The second-order valence-corrected chi connectivity index (χ2v) is 9.30. The van der Waals surface area contributed by atoms with Crippen LogP contribution in [0.4, 0.5) is 5.69 Å². The molecule has 1 aromatic carbocycles. The van der Waals surface area contributed by atoms with Crippen molar-refractivity contribution in [3.63, 3.8) is 0 Å². The van der Waals surface area contributed by atoms with E-state index in [2.05, 4.69) is 20.5 Å². The summed E-state index contributed by atoms with van der Waals surface area (Å²) in [6, 6.07) is 7.27. The number of anilines is 1. The summed E-state index contributed by atoms with van der Waals surface area (Å²) in [5, 5.41) is 12.4. The quantitative estimate of drug-likeness (QED) is 0.589. The number of hydrogen-bond donors (Lipinski definition) is 2. The van der Waals surface area contributed by atoms with E-state index in [1.807, 2.05) is 32.9 Å². The fraction of sp³-hybridized carbons (Fsp3) is 0.429. The van der Waals surface area contributed by atoms with E-state index in [0.29, 0.717) is 22.2 Å². The van der Waals surface area contributed by atoms with E-state index in [1.165, 1.54) is 11.6 Å². The lowest BCUT2D eigenvalue weighted by molar-refractivity contribution is -0.146. The van der Waals surface area contributed by atoms with Crippen LogP contribution >= 0.6 is 11.6 Å². The first-order chi connectivity index (χ1) is 13.9. The molecular formula is C21H26ClN5O3. The molecule has 3 rings (SSSR count). The summed E-state index contributed by atoms with van der Waals surface area (Å²) in [5.41, 5.74) is 1.69. The number of benzene rings is 1. The van der Waals surface area contributed by atoms with Gasteiger partial charge in [0.15, 0.2) is 11.5 Å². The Labute approximate surface area is 179 Å². The average molecular weight is 432 g/mol. The standard InChI is InChI=1S/C21H26ClN5O3/c1-12(28)30-11-21(5,6)19(29)23-14-9-7-8-13(10-14)17-24-18-15(22)16(20(2,3)4)25-27(18)26-17/h7-10H,11H2,1-6H3,(H,23,29)(H,24,26). The lowest BCUT2D eigenvalue weighted by Crippen LogP contribution is -2.35. The van der Waals surface area contributed by atoms with Crippen LogP contribution in [0.15, 0.2) is 24.3 Å². The summed E-state index contributed by atoms with van der Waals surface area (Å²) in [6.45, 7) is 10.9. The smallest absolute Gasteiger partial charge is 0.302 e. The Morgan fingerprint density at radius 3 is 2.50 bits per heavy atom. The molecule has 0 saturated heterocycles. The molecule has 160 valence electrons. The number of aromatic nitrogens is 4. The summed E-state index contributed by atoms with van der Waals surface area (Å²) in [4.78, 5) is 26.9. The zero-order valence-corrected chi connectivity index (χ0v) is 18.7. The number of nitrogens with zero attached hydrogens (tertiary/aromatic N) is 3. The number of H-pyrrole nitrogens is 1. The highest BCUT2D eigenvalue weighted by atomic mass is 35.5. The molecule has 0 bridgehead atoms. The maximum Gasteiger partial charge on any atom is 0.302 e. The van der Waals surface area contributed by atoms with Crippen molar-refractivity contribution >= 4 is 34.8 Å². The number of carbonyl (C=O) groups is 2. The zero-order valence-electron chi connectivity index (χ0n) is 18.0. The number of nitrogens with one attached hydrogen (secondary N) is 2. The summed E-state index contributed by atoms with van der Waals surface area (Å²) in [5.74, 6) is -0.0999. The second-order valence-electron chi connectivity index (χ2n) is 8.92. The van der Waals surface area contributed by atoms with E-state index in [4.69, 9.17) is 16.3 Å². The molecule has 2 aromatic heterocycles. The molecule has 0 radical (unpaired) electrons. The molecule has 0 unspecified atom stereocenters. The fourth-order valence-electron chi connectivity index (χ4n) is 2.80. The molecule has 2 heterocycles. The van der Waals surface area contributed by atoms with Crippen molar-refractivity contribution < 1.29 is 14.3 Å². The molecular weight excluding hydrogens is 406 g/mol. The monoisotopic (exact) mass is 431 g/mol. The molecule has 0 saturated carbocycles. The van der Waals surface area contributed by atoms with Crippen molar-refractivity contribution in [1.29, 1.82) is 0 Å². The number of halogens is 1. The second kappa shape index (κ2) is 7.75. The maximum absolute atomic E-state index is 12.6. The Hall–Kier alpha value is -2.87. The van der Waals surface area contributed by atoms with Gasteiger partial charge in [-0.1, -0.05) is 44.5 Å². The van der Waals surface area contributed by atoms with Crippen molar-refractivity contribution in [2.45, 2.75) is 47.0 Å². The van der Waals surface area contributed by atoms with E-state index < -0.39 is 11.4 Å². The number of amides is 1. The van der Waals surface area contributed by atoms with Gasteiger partial charge in [0.05, 0.1) is 11.1 Å². The van der Waals surface area contributed by atoms with Crippen LogP contribution in [0.25, 0.3) is 17.0 Å². The highest BCUT2D eigenvalue weighted by Crippen LogP contribution is 2.32. The van der Waals surface area contributed by atoms with Crippen LogP contribution in [0.1, 0.15) is 47.2 Å². The van der Waals surface area contributed by atoms with E-state index in [9.17, 15) is 9.59 Å². The van der Waals surface area contributed by atoms with Gasteiger partial charge in [0.1, 0.15) is 11.6 Å². The largest absolute Gasteiger partial charge is 0.465 e. The average Bonchev–Trinajstić information content (AvgIpc) is 3.20. The molecule has 8 nitrogen and oxygen atoms in total. The molecule has 0 aliphatic carbocycles. The van der Waals surface area contributed by atoms with E-state index in [1.54, 1.807) is 26.0 Å². The number of carbonyl (C=O) groups excluding carboxylic acids is 2. The first-order valence-electron chi connectivity index (χ1n) is 9.59. The molecule has 0 atom stereocenters. The van der Waals surface area contributed by atoms with Crippen LogP contribution in [0.5, 0.6) is 0 Å². The SMILES string of the molecule is CC(=O)OCC(C)(C)C(=O)Nc1cccc(-c2nn3nc(C(C)(C)C)c(Cl)c3[nH]2)c1. The minimum absolute atomic E-state index is 0.00213. The van der Waals surface area contributed by atoms with Gasteiger partial charge in [0.2, 0.25) is 5.91 Å². The Balaban J connectivity index is 1.83. The number of fused-ring (bicyclic) bond motifs is 1. The third-order valence-corrected chi connectivity index (χ3v) is 4.96. The Kier molecular flexibility index (Phi) is 5.64. The number of hydrogen-bond acceptors (Lipinski definition) is 5. The molecule has 1 amide bonds. The third kappa shape index (κ3) is 4.48. The molecule has 9 heteroatoms. The molecule has 30 heavy (non-hydrogen) atoms. The van der Waals surface area contributed by atoms with Crippen molar-refractivity contribution in [3.05, 3.63) is 35.0 Å². The summed E-state index contributed by atoms with van der Waals surface area (Å²) >= 11 is 6.50. The predicted octanol–water partition coefficient (Wildman–Crippen LogP) is 4.20. The molecule has 0 fully saturated rings. The number of rotatable bonds is 5. The van der Waals surface area contributed by atoms with Crippen molar-refractivity contribution in [3.8, 4) is 11.4 Å². The molecule has 0 aliphatic rings. The Bertz CT molecular complexity index is 1110. The van der Waals surface area contributed by atoms with Gasteiger partial charge in [-0.3, -0.25) is 9.59 Å². The van der Waals surface area contributed by atoms with Crippen molar-refractivity contribution in [2.24, 2.45) is 5.41 Å². The molecule has 3 aromatic rings. The van der Waals surface area contributed by atoms with Crippen LogP contribution < -0.4 is 5.32 Å². The highest BCUT2D eigenvalue weighted by molar-refractivity contribution is 6.34. The van der Waals surface area contributed by atoms with E-state index in [0.717, 1.165) is 11.3 Å². The maximum atomic E-state index is 12.6. The normalized spacial score (nSPS) is 12.2.